The molecule has 0 bridgehead atoms. The second kappa shape index (κ2) is 18.5. The van der Waals surface area contributed by atoms with Crippen LogP contribution in [0.5, 0.6) is 0 Å². The van der Waals surface area contributed by atoms with Gasteiger partial charge in [-0.1, -0.05) is 72.8 Å². The van der Waals surface area contributed by atoms with Crippen LogP contribution in [0.25, 0.3) is 0 Å². The number of esters is 1. The molecule has 8 heteroatoms. The average Bonchev–Trinajstić information content (AvgIpc) is 2.96. The molecule has 8 nitrogen and oxygen atoms in total. The number of ether oxygens (including phenoxy) is 2. The Balaban J connectivity index is 2.06. The normalized spacial score (nSPS) is 13.8. The number of nitrogens with one attached hydrogen (secondary N) is 2. The molecule has 0 spiro atoms. The lowest BCUT2D eigenvalue weighted by Crippen LogP contribution is -2.46. The molecule has 0 aliphatic rings. The van der Waals surface area contributed by atoms with Gasteiger partial charge >= 0.3 is 5.97 Å². The van der Waals surface area contributed by atoms with Gasteiger partial charge in [0.2, 0.25) is 11.8 Å². The van der Waals surface area contributed by atoms with Gasteiger partial charge in [-0.2, -0.15) is 0 Å². The number of hydrogen-bond donors (Lipinski definition) is 3. The van der Waals surface area contributed by atoms with Crippen molar-refractivity contribution in [3.63, 3.8) is 0 Å². The molecule has 0 heterocycles. The van der Waals surface area contributed by atoms with E-state index in [1.807, 2.05) is 60.7 Å². The van der Waals surface area contributed by atoms with Gasteiger partial charge < -0.3 is 25.2 Å². The smallest absolute Gasteiger partial charge is 0.309 e. The Morgan fingerprint density at radius 3 is 2.08 bits per heavy atom. The van der Waals surface area contributed by atoms with Crippen molar-refractivity contribution < 1.29 is 29.0 Å². The lowest BCUT2D eigenvalue weighted by atomic mass is 9.96. The summed E-state index contributed by atoms with van der Waals surface area (Å²) >= 11 is 0. The molecule has 0 aromatic heterocycles. The first-order chi connectivity index (χ1) is 19.4. The van der Waals surface area contributed by atoms with Crippen molar-refractivity contribution in [2.24, 2.45) is 11.8 Å². The lowest BCUT2D eigenvalue weighted by molar-refractivity contribution is -0.150. The third-order valence-electron chi connectivity index (χ3n) is 6.25. The van der Waals surface area contributed by atoms with E-state index in [0.717, 1.165) is 11.1 Å². The van der Waals surface area contributed by atoms with Crippen LogP contribution >= 0.6 is 0 Å². The van der Waals surface area contributed by atoms with E-state index in [2.05, 4.69) is 23.8 Å². The molecule has 0 aliphatic carbocycles. The van der Waals surface area contributed by atoms with E-state index in [1.54, 1.807) is 19.1 Å². The lowest BCUT2D eigenvalue weighted by Gasteiger charge is -2.23. The van der Waals surface area contributed by atoms with E-state index in [9.17, 15) is 19.5 Å². The summed E-state index contributed by atoms with van der Waals surface area (Å²) in [5.74, 6) is -2.19. The van der Waals surface area contributed by atoms with Crippen LogP contribution in [0.1, 0.15) is 37.3 Å². The van der Waals surface area contributed by atoms with Crippen LogP contribution in [0.15, 0.2) is 86.0 Å². The third-order valence-corrected chi connectivity index (χ3v) is 6.25. The van der Waals surface area contributed by atoms with E-state index >= 15 is 0 Å². The number of allylic oxidation sites excluding steroid dienone is 2. The van der Waals surface area contributed by atoms with Crippen molar-refractivity contribution in [2.45, 2.75) is 51.3 Å². The van der Waals surface area contributed by atoms with Crippen molar-refractivity contribution in [3.05, 3.63) is 97.1 Å². The fourth-order valence-electron chi connectivity index (χ4n) is 4.09. The number of amides is 2. The molecular weight excluding hydrogens is 508 g/mol. The minimum Gasteiger partial charge on any atom is -0.463 e. The van der Waals surface area contributed by atoms with E-state index in [-0.39, 0.29) is 50.4 Å². The zero-order chi connectivity index (χ0) is 29.2. The minimum absolute atomic E-state index is 0.0714. The highest BCUT2D eigenvalue weighted by molar-refractivity contribution is 5.86. The predicted octanol–water partition coefficient (Wildman–Crippen LogP) is 3.75. The number of benzene rings is 2. The van der Waals surface area contributed by atoms with Gasteiger partial charge in [-0.15, -0.1) is 13.2 Å². The van der Waals surface area contributed by atoms with Crippen LogP contribution in [0.4, 0.5) is 0 Å². The number of hydrogen-bond acceptors (Lipinski definition) is 6. The summed E-state index contributed by atoms with van der Waals surface area (Å²) in [5.41, 5.74) is 1.99. The van der Waals surface area contributed by atoms with E-state index < -0.39 is 23.9 Å². The Bertz CT molecular complexity index is 1060. The van der Waals surface area contributed by atoms with Crippen molar-refractivity contribution in [1.29, 1.82) is 0 Å². The van der Waals surface area contributed by atoms with E-state index in [4.69, 9.17) is 9.47 Å². The second-order valence-electron chi connectivity index (χ2n) is 9.82. The molecule has 2 aromatic rings. The molecule has 2 amide bonds. The van der Waals surface area contributed by atoms with Gasteiger partial charge in [-0.05, 0) is 37.3 Å². The SMILES string of the molecule is C=CC[C@@H](CC(=O)N[C@@H](C)CO)C(=O)N[C@@H](COCc1ccccc1)COC(=O)[C@@H](CC=C)Cc1ccccc1. The van der Waals surface area contributed by atoms with Crippen molar-refractivity contribution in [1.82, 2.24) is 10.6 Å². The second-order valence-corrected chi connectivity index (χ2v) is 9.82. The fraction of sp³-hybridized carbons (Fsp3) is 0.406. The van der Waals surface area contributed by atoms with Crippen LogP contribution in [0, 0.1) is 11.8 Å². The number of aliphatic hydroxyl groups is 1. The number of carbonyl (C=O) groups excluding carboxylic acids is 3. The molecule has 40 heavy (non-hydrogen) atoms. The first-order valence-corrected chi connectivity index (χ1v) is 13.6. The number of aliphatic hydroxyl groups excluding tert-OH is 1. The van der Waals surface area contributed by atoms with Gasteiger partial charge in [0.25, 0.3) is 0 Å². The van der Waals surface area contributed by atoms with Crippen molar-refractivity contribution in [2.75, 3.05) is 19.8 Å². The van der Waals surface area contributed by atoms with Gasteiger partial charge in [-0.25, -0.2) is 0 Å². The summed E-state index contributed by atoms with van der Waals surface area (Å²) in [5, 5.41) is 14.8. The zero-order valence-electron chi connectivity index (χ0n) is 23.3. The molecule has 0 saturated heterocycles. The molecule has 0 unspecified atom stereocenters. The first-order valence-electron chi connectivity index (χ1n) is 13.6. The van der Waals surface area contributed by atoms with Crippen molar-refractivity contribution >= 4 is 17.8 Å². The summed E-state index contributed by atoms with van der Waals surface area (Å²) < 4.78 is 11.5. The molecule has 2 rings (SSSR count). The minimum atomic E-state index is -0.678. The number of rotatable bonds is 19. The molecular formula is C32H42N2O6. The summed E-state index contributed by atoms with van der Waals surface area (Å²) in [6.07, 6.45) is 4.45. The molecule has 0 fully saturated rings. The molecule has 0 aliphatic heterocycles. The highest BCUT2D eigenvalue weighted by Crippen LogP contribution is 2.16. The highest BCUT2D eigenvalue weighted by atomic mass is 16.5. The Morgan fingerprint density at radius 2 is 1.48 bits per heavy atom. The van der Waals surface area contributed by atoms with Crippen LogP contribution in [-0.2, 0) is 36.9 Å². The standard InChI is InChI=1S/C32H42N2O6/c1-4-12-27(19-30(36)33-24(3)20-35)31(37)34-29(22-39-21-26-16-10-7-11-17-26)23-40-32(38)28(13-5-2)18-25-14-8-6-9-15-25/h4-11,14-17,24,27-29,35H,1-2,12-13,18-23H2,3H3,(H,33,36)(H,34,37)/t24-,27-,28-,29-/m0/s1. The van der Waals surface area contributed by atoms with Crippen molar-refractivity contribution in [3.8, 4) is 0 Å². The van der Waals surface area contributed by atoms with Gasteiger partial charge in [0.15, 0.2) is 0 Å². The monoisotopic (exact) mass is 550 g/mol. The van der Waals surface area contributed by atoms with Crippen LogP contribution < -0.4 is 10.6 Å². The van der Waals surface area contributed by atoms with Crippen LogP contribution in [0.3, 0.4) is 0 Å². The summed E-state index contributed by atoms with van der Waals surface area (Å²) in [6.45, 7) is 9.29. The van der Waals surface area contributed by atoms with E-state index in [0.29, 0.717) is 19.4 Å². The zero-order valence-corrected chi connectivity index (χ0v) is 23.3. The summed E-state index contributed by atoms with van der Waals surface area (Å²) in [6, 6.07) is 18.2. The van der Waals surface area contributed by atoms with Crippen LogP contribution in [-0.4, -0.2) is 54.8 Å². The maximum atomic E-state index is 13.2. The van der Waals surface area contributed by atoms with Gasteiger partial charge in [0.05, 0.1) is 37.7 Å². The quantitative estimate of drug-likeness (QED) is 0.181. The summed E-state index contributed by atoms with van der Waals surface area (Å²) in [7, 11) is 0. The van der Waals surface area contributed by atoms with E-state index in [1.165, 1.54) is 0 Å². The van der Waals surface area contributed by atoms with Gasteiger partial charge in [0, 0.05) is 12.5 Å². The Kier molecular flexibility index (Phi) is 15.0. The molecule has 2 aromatic carbocycles. The molecule has 3 N–H and O–H groups in total. The Hall–Kier alpha value is -3.75. The van der Waals surface area contributed by atoms with Crippen LogP contribution in [0.2, 0.25) is 0 Å². The number of carbonyl (C=O) groups is 3. The third kappa shape index (κ3) is 12.4. The topological polar surface area (TPSA) is 114 Å². The maximum Gasteiger partial charge on any atom is 0.309 e. The summed E-state index contributed by atoms with van der Waals surface area (Å²) in [4.78, 5) is 38.6. The fourth-order valence-corrected chi connectivity index (χ4v) is 4.09. The first kappa shape index (κ1) is 32.5. The highest BCUT2D eigenvalue weighted by Gasteiger charge is 2.26. The van der Waals surface area contributed by atoms with Gasteiger partial charge in [0.1, 0.15) is 6.61 Å². The molecule has 0 radical (unpaired) electrons. The Morgan fingerprint density at radius 1 is 0.875 bits per heavy atom. The predicted molar refractivity (Wildman–Crippen MR) is 155 cm³/mol. The largest absolute Gasteiger partial charge is 0.463 e. The molecule has 216 valence electrons. The molecule has 0 saturated carbocycles. The average molecular weight is 551 g/mol. The molecule has 4 atom stereocenters. The Labute approximate surface area is 237 Å². The van der Waals surface area contributed by atoms with Gasteiger partial charge in [-0.3, -0.25) is 14.4 Å². The maximum absolute atomic E-state index is 13.2.